The Morgan fingerprint density at radius 3 is 0.802 bits per heavy atom. The van der Waals surface area contributed by atoms with Crippen LogP contribution in [0.4, 0.5) is 0 Å². The summed E-state index contributed by atoms with van der Waals surface area (Å²) in [5.74, 6) is 31.0. The molecule has 0 heterocycles. The topological polar surface area (TPSA) is 230 Å². The first-order valence-electron chi connectivity index (χ1n) is 42.8. The fraction of sp³-hybridized carbons (Fsp3) is 0.211. The highest BCUT2D eigenvalue weighted by Crippen LogP contribution is 2.35. The molecule has 0 unspecified atom stereocenters. The molecule has 0 aliphatic heterocycles. The number of methoxy groups -OCH3 is 5. The monoisotopic (exact) mass is 1720 g/mol. The van der Waals surface area contributed by atoms with E-state index in [1.165, 1.54) is 35.5 Å². The molecule has 0 radical (unpaired) electrons. The second kappa shape index (κ2) is 46.9. The molecule has 0 spiro atoms. The summed E-state index contributed by atoms with van der Waals surface area (Å²) >= 11 is 0. The normalized spacial score (nSPS) is 13.1. The Morgan fingerprint density at radius 2 is 0.534 bits per heavy atom. The van der Waals surface area contributed by atoms with Crippen molar-refractivity contribution >= 4 is 88.3 Å². The molecule has 646 valence electrons. The number of rotatable bonds is 21. The summed E-state index contributed by atoms with van der Waals surface area (Å²) < 4.78 is 38.2. The standard InChI is InChI=1S/C114H93N5O12/c1-13-15-17-19-21-23-45-130-108-70-96(113(123)128-11)43-38-91(108)33-28-79-51-84-61-99(56-79)103(72-115)65-83-50-78(25-30-88-35-40-93(47-75(88)3)110(120)125-8)55-98(60-83)105(74-117)67-85-52-81(26-31-89-36-41-94(48-76(89)4)111(121)126-9)58-101(63-85)107(119-7)69-87-54-82(27-32-90-37-42-95(49-77(90)5)112(122)127-10)59-102(64-87)106(118-6)68-86-53-80(57-100(62-86)104(66-84)73-116)29-34-92-39-44-97(114(124)129-12)71-109(92)131-46-24-22-20-18-16-14-2/h35-44,47-71H,13-24,45-46H2,1-5,8-12H3/b103-65+,104-66+,105-67+,106-68-,107-69-. The van der Waals surface area contributed by atoms with Gasteiger partial charge < -0.3 is 33.2 Å². The molecule has 0 fully saturated rings. The molecule has 1 aliphatic carbocycles. The van der Waals surface area contributed by atoms with Crippen LogP contribution >= 0.6 is 0 Å². The zero-order valence-electron chi connectivity index (χ0n) is 74.7. The van der Waals surface area contributed by atoms with Gasteiger partial charge in [0.1, 0.15) is 11.5 Å². The molecule has 131 heavy (non-hydrogen) atoms. The SMILES string of the molecule is [C-]#[N+]/C1=C\c2cc(C#Cc3ccc(C(=O)OC)cc3OCCCCCCCC)cc(c2)/C(C#N)=C/c2cc(C#Cc3ccc(C(=O)OC)cc3OCCCCCCCC)cc(c2)/C(C#N)=C/c2cc(C#Cc3ccc(C(=O)OC)cc3C)cc(c2)/C(C#N)=C/c2cc(C#Cc3ccc(C(=O)OC)cc3C)cc(c2)/C([N+]#[C-])=C/c2cc(C#Cc3ccc(C(=O)OC)cc3C)cc1c2. The van der Waals surface area contributed by atoms with Crippen molar-refractivity contribution in [2.75, 3.05) is 48.8 Å². The van der Waals surface area contributed by atoms with Crippen LogP contribution in [0, 0.1) is 127 Å². The van der Waals surface area contributed by atoms with Crippen LogP contribution in [-0.2, 0) is 23.7 Å². The van der Waals surface area contributed by atoms with Crippen LogP contribution in [0.5, 0.6) is 11.5 Å². The lowest BCUT2D eigenvalue weighted by atomic mass is 9.93. The molecule has 1 aliphatic rings. The number of fused-ring (bicyclic) bond motifs is 10. The third kappa shape index (κ3) is 26.1. The molecule has 17 heteroatoms. The summed E-state index contributed by atoms with van der Waals surface area (Å²) in [5.41, 5.74) is 12.8. The number of carbonyl (C=O) groups is 5. The molecule has 11 rings (SSSR count). The molecule has 10 aromatic rings. The van der Waals surface area contributed by atoms with Crippen LogP contribution in [-0.4, -0.2) is 78.6 Å². The first-order chi connectivity index (χ1) is 63.6. The maximum Gasteiger partial charge on any atom is 0.337 e. The summed E-state index contributed by atoms with van der Waals surface area (Å²) in [5, 5.41) is 35.0. The van der Waals surface area contributed by atoms with Crippen LogP contribution in [0.1, 0.15) is 271 Å². The van der Waals surface area contributed by atoms with Gasteiger partial charge in [-0.3, -0.25) is 0 Å². The van der Waals surface area contributed by atoms with Crippen molar-refractivity contribution in [3.05, 3.63) is 361 Å². The number of nitriles is 3. The lowest BCUT2D eigenvalue weighted by molar-refractivity contribution is 0.0591. The lowest BCUT2D eigenvalue weighted by Gasteiger charge is -2.10. The molecule has 10 aromatic carbocycles. The van der Waals surface area contributed by atoms with Gasteiger partial charge in [-0.15, -0.1) is 0 Å². The van der Waals surface area contributed by atoms with Gasteiger partial charge in [0, 0.05) is 44.5 Å². The van der Waals surface area contributed by atoms with E-state index in [-0.39, 0.29) is 39.2 Å². The third-order valence-electron chi connectivity index (χ3n) is 21.4. The summed E-state index contributed by atoms with van der Waals surface area (Å²) in [6, 6.07) is 58.6. The van der Waals surface area contributed by atoms with Crippen LogP contribution in [0.25, 0.3) is 68.2 Å². The maximum atomic E-state index is 13.1. The number of hydrogen-bond donors (Lipinski definition) is 0. The van der Waals surface area contributed by atoms with E-state index in [0.717, 1.165) is 77.0 Å². The summed E-state index contributed by atoms with van der Waals surface area (Å²) in [4.78, 5) is 72.6. The fourth-order valence-electron chi connectivity index (χ4n) is 14.5. The van der Waals surface area contributed by atoms with Gasteiger partial charge in [0.25, 0.3) is 0 Å². The number of aryl methyl sites for hydroxylation is 3. The van der Waals surface area contributed by atoms with Gasteiger partial charge in [-0.1, -0.05) is 149 Å². The van der Waals surface area contributed by atoms with Crippen LogP contribution in [0.2, 0.25) is 0 Å². The lowest BCUT2D eigenvalue weighted by Crippen LogP contribution is -2.04. The molecule has 0 saturated heterocycles. The average Bonchev–Trinajstić information content (AvgIpc) is 1.17. The van der Waals surface area contributed by atoms with Crippen LogP contribution < -0.4 is 9.47 Å². The van der Waals surface area contributed by atoms with Crippen LogP contribution in [0.15, 0.2) is 182 Å². The van der Waals surface area contributed by atoms with Gasteiger partial charge >= 0.3 is 29.8 Å². The molecule has 0 aromatic heterocycles. The zero-order chi connectivity index (χ0) is 93.3. The molecule has 0 amide bonds. The van der Waals surface area contributed by atoms with E-state index in [2.05, 4.69) is 101 Å². The van der Waals surface area contributed by atoms with E-state index in [1.54, 1.807) is 212 Å². The number of benzene rings is 10. The number of unbranched alkanes of at least 4 members (excludes halogenated alkanes) is 10. The van der Waals surface area contributed by atoms with Gasteiger partial charge in [-0.05, 0) is 306 Å². The number of carbonyl (C=O) groups excluding carboxylic acids is 5. The molecule has 0 saturated carbocycles. The molecule has 0 N–H and O–H groups in total. The minimum atomic E-state index is -0.567. The van der Waals surface area contributed by atoms with Crippen molar-refractivity contribution in [2.45, 2.75) is 112 Å². The third-order valence-corrected chi connectivity index (χ3v) is 21.4. The fourth-order valence-corrected chi connectivity index (χ4v) is 14.5. The number of allylic oxidation sites excluding steroid dienone is 3. The highest BCUT2D eigenvalue weighted by molar-refractivity contribution is 5.99. The zero-order valence-corrected chi connectivity index (χ0v) is 74.7. The number of nitrogens with zero attached hydrogens (tertiary/aromatic N) is 5. The van der Waals surface area contributed by atoms with E-state index in [0.29, 0.717) is 169 Å². The Balaban J connectivity index is 1.22. The number of esters is 5. The van der Waals surface area contributed by atoms with E-state index >= 15 is 0 Å². The Bertz CT molecular complexity index is 6750. The summed E-state index contributed by atoms with van der Waals surface area (Å²) in [6.45, 7) is 28.6. The predicted molar refractivity (Wildman–Crippen MR) is 512 cm³/mol. The Kier molecular flexibility index (Phi) is 33.9. The van der Waals surface area contributed by atoms with Crippen molar-refractivity contribution in [3.8, 4) is 88.9 Å². The van der Waals surface area contributed by atoms with Gasteiger partial charge in [-0.2, -0.15) is 15.8 Å². The second-order valence-electron chi connectivity index (χ2n) is 31.0. The van der Waals surface area contributed by atoms with Gasteiger partial charge in [-0.25, -0.2) is 33.7 Å². The largest absolute Gasteiger partial charge is 0.492 e. The highest BCUT2D eigenvalue weighted by atomic mass is 16.5. The molecule has 10 bridgehead atoms. The average molecular weight is 1730 g/mol. The van der Waals surface area contributed by atoms with E-state index < -0.39 is 29.8 Å². The Hall–Kier alpha value is -16.9. The predicted octanol–water partition coefficient (Wildman–Crippen LogP) is 23.4. The summed E-state index contributed by atoms with van der Waals surface area (Å²) in [6.07, 6.45) is 20.5. The van der Waals surface area contributed by atoms with E-state index in [9.17, 15) is 39.8 Å². The Labute approximate surface area is 766 Å². The van der Waals surface area contributed by atoms with Crippen molar-refractivity contribution in [1.82, 2.24) is 0 Å². The first kappa shape index (κ1) is 94.8. The van der Waals surface area contributed by atoms with Crippen LogP contribution in [0.3, 0.4) is 0 Å². The molecule has 0 atom stereocenters. The van der Waals surface area contributed by atoms with Gasteiger partial charge in [0.2, 0.25) is 0 Å². The number of ether oxygens (including phenoxy) is 7. The minimum Gasteiger partial charge on any atom is -0.492 e. The summed E-state index contributed by atoms with van der Waals surface area (Å²) in [7, 11) is 6.51. The maximum absolute atomic E-state index is 13.1. The molecule has 17 nitrogen and oxygen atoms in total. The van der Waals surface area contributed by atoms with E-state index in [1.807, 2.05) is 20.8 Å². The van der Waals surface area contributed by atoms with Gasteiger partial charge in [0.15, 0.2) is 11.4 Å². The quantitative estimate of drug-likeness (QED) is 0.0214. The first-order valence-corrected chi connectivity index (χ1v) is 42.8. The van der Waals surface area contributed by atoms with Crippen molar-refractivity contribution in [3.63, 3.8) is 0 Å². The highest BCUT2D eigenvalue weighted by Gasteiger charge is 2.20. The Morgan fingerprint density at radius 1 is 0.290 bits per heavy atom. The second-order valence-corrected chi connectivity index (χ2v) is 31.0. The minimum absolute atomic E-state index is 0.104. The molecular weight excluding hydrogens is 1630 g/mol. The van der Waals surface area contributed by atoms with Crippen molar-refractivity contribution in [1.29, 1.82) is 15.8 Å². The number of hydrogen-bond acceptors (Lipinski definition) is 15. The van der Waals surface area contributed by atoms with Crippen molar-refractivity contribution < 1.29 is 57.1 Å². The van der Waals surface area contributed by atoms with Gasteiger partial charge in [0.05, 0.1) is 136 Å². The smallest absolute Gasteiger partial charge is 0.337 e. The van der Waals surface area contributed by atoms with E-state index in [4.69, 9.17) is 46.3 Å². The van der Waals surface area contributed by atoms with Crippen molar-refractivity contribution in [2.24, 2.45) is 0 Å². The molecular formula is C114H93N5O12.